The predicted octanol–water partition coefficient (Wildman–Crippen LogP) is 9.93. The Kier molecular flexibility index (Phi) is 11.4. The van der Waals surface area contributed by atoms with Gasteiger partial charge in [0.2, 0.25) is 0 Å². The lowest BCUT2D eigenvalue weighted by atomic mass is 9.83. The van der Waals surface area contributed by atoms with Crippen molar-refractivity contribution < 1.29 is 13.3 Å². The minimum Gasteiger partial charge on any atom is -0.413 e. The SMILES string of the molecule is CC(C)(C)[Si](C)(C)OC/C=C/[C@H](O[Si](C)(C)C(C)(C)C)[C@H](O[Si](C)(C)C(C)(C)C)C1CCCCC1. The molecule has 2 atom stereocenters. The van der Waals surface area contributed by atoms with E-state index >= 15 is 0 Å². The minimum absolute atomic E-state index is 0.0175. The topological polar surface area (TPSA) is 27.7 Å². The van der Waals surface area contributed by atoms with Crippen LogP contribution >= 0.6 is 0 Å². The van der Waals surface area contributed by atoms with Crippen molar-refractivity contribution in [2.75, 3.05) is 6.61 Å². The van der Waals surface area contributed by atoms with Gasteiger partial charge in [-0.25, -0.2) is 0 Å². The summed E-state index contributed by atoms with van der Waals surface area (Å²) in [5.41, 5.74) is 0. The molecule has 0 unspecified atom stereocenters. The second-order valence-electron chi connectivity index (χ2n) is 15.6. The maximum atomic E-state index is 7.27. The van der Waals surface area contributed by atoms with Gasteiger partial charge in [-0.2, -0.15) is 0 Å². The third kappa shape index (κ3) is 9.51. The van der Waals surface area contributed by atoms with Crippen LogP contribution in [0.4, 0.5) is 0 Å². The lowest BCUT2D eigenvalue weighted by Gasteiger charge is -2.47. The van der Waals surface area contributed by atoms with Gasteiger partial charge in [0.25, 0.3) is 0 Å². The highest BCUT2D eigenvalue weighted by molar-refractivity contribution is 6.75. The fourth-order valence-corrected chi connectivity index (χ4v) is 7.36. The van der Waals surface area contributed by atoms with Gasteiger partial charge in [-0.05, 0) is 73.2 Å². The van der Waals surface area contributed by atoms with Crippen LogP contribution in [0.1, 0.15) is 94.4 Å². The van der Waals surface area contributed by atoms with Crippen molar-refractivity contribution in [3.63, 3.8) is 0 Å². The average Bonchev–Trinajstić information content (AvgIpc) is 2.66. The van der Waals surface area contributed by atoms with Gasteiger partial charge >= 0.3 is 0 Å². The molecule has 0 aliphatic heterocycles. The van der Waals surface area contributed by atoms with Crippen LogP contribution in [0.25, 0.3) is 0 Å². The van der Waals surface area contributed by atoms with E-state index in [2.05, 4.69) is 114 Å². The zero-order chi connectivity index (χ0) is 27.5. The van der Waals surface area contributed by atoms with E-state index in [4.69, 9.17) is 13.3 Å². The molecule has 0 saturated heterocycles. The van der Waals surface area contributed by atoms with Crippen LogP contribution in [0.15, 0.2) is 12.2 Å². The second kappa shape index (κ2) is 12.0. The molecule has 1 aliphatic carbocycles. The summed E-state index contributed by atoms with van der Waals surface area (Å²) in [5, 5.41) is 0.551. The quantitative estimate of drug-likeness (QED) is 0.203. The third-order valence-electron chi connectivity index (χ3n) is 9.58. The standard InChI is InChI=1S/C29H62O3Si3/c1-27(2,3)33(10,11)30-23-19-22-25(31-34(12,13)28(4,5)6)26(24-20-17-16-18-21-24)32-35(14,15)29(7,8)9/h19,22,24-26H,16-18,20-21,23H2,1-15H3/b22-19+/t25-,26+/m0/s1. The van der Waals surface area contributed by atoms with E-state index in [1.165, 1.54) is 32.1 Å². The van der Waals surface area contributed by atoms with E-state index in [1.807, 2.05) is 0 Å². The van der Waals surface area contributed by atoms with Gasteiger partial charge in [0.05, 0.1) is 18.8 Å². The van der Waals surface area contributed by atoms with Crippen LogP contribution in [0.3, 0.4) is 0 Å². The monoisotopic (exact) mass is 542 g/mol. The smallest absolute Gasteiger partial charge is 0.193 e. The predicted molar refractivity (Wildman–Crippen MR) is 163 cm³/mol. The first-order valence-electron chi connectivity index (χ1n) is 14.2. The summed E-state index contributed by atoms with van der Waals surface area (Å²) < 4.78 is 20.9. The molecular formula is C29H62O3Si3. The molecule has 1 saturated carbocycles. The van der Waals surface area contributed by atoms with Crippen molar-refractivity contribution >= 4 is 25.0 Å². The lowest BCUT2D eigenvalue weighted by molar-refractivity contribution is 0.0104. The highest BCUT2D eigenvalue weighted by Crippen LogP contribution is 2.43. The van der Waals surface area contributed by atoms with E-state index in [0.29, 0.717) is 12.5 Å². The summed E-state index contributed by atoms with van der Waals surface area (Å²) in [6.45, 7) is 35.9. The van der Waals surface area contributed by atoms with Crippen molar-refractivity contribution in [3.05, 3.63) is 12.2 Å². The first-order valence-corrected chi connectivity index (χ1v) is 22.9. The van der Waals surface area contributed by atoms with Crippen LogP contribution in [-0.2, 0) is 13.3 Å². The number of hydrogen-bond donors (Lipinski definition) is 0. The molecular weight excluding hydrogens is 481 g/mol. The largest absolute Gasteiger partial charge is 0.413 e. The van der Waals surface area contributed by atoms with E-state index in [0.717, 1.165) is 0 Å². The van der Waals surface area contributed by atoms with Gasteiger partial charge in [-0.15, -0.1) is 0 Å². The van der Waals surface area contributed by atoms with Crippen molar-refractivity contribution in [3.8, 4) is 0 Å². The van der Waals surface area contributed by atoms with E-state index in [-0.39, 0.29) is 27.3 Å². The highest BCUT2D eigenvalue weighted by atomic mass is 28.4. The van der Waals surface area contributed by atoms with Gasteiger partial charge in [0, 0.05) is 0 Å². The van der Waals surface area contributed by atoms with Gasteiger partial charge < -0.3 is 13.3 Å². The van der Waals surface area contributed by atoms with Crippen LogP contribution in [0, 0.1) is 5.92 Å². The van der Waals surface area contributed by atoms with E-state index in [9.17, 15) is 0 Å². The van der Waals surface area contributed by atoms with Crippen LogP contribution in [0.5, 0.6) is 0 Å². The normalized spacial score (nSPS) is 19.9. The summed E-state index contributed by atoms with van der Waals surface area (Å²) >= 11 is 0. The molecule has 0 spiro atoms. The maximum Gasteiger partial charge on any atom is 0.193 e. The summed E-state index contributed by atoms with van der Waals surface area (Å²) in [6.07, 6.45) is 11.2. The molecule has 208 valence electrons. The molecule has 1 rings (SSSR count). The highest BCUT2D eigenvalue weighted by Gasteiger charge is 2.46. The second-order valence-corrected chi connectivity index (χ2v) is 29.9. The average molecular weight is 543 g/mol. The Morgan fingerprint density at radius 2 is 1.09 bits per heavy atom. The Morgan fingerprint density at radius 1 is 0.657 bits per heavy atom. The third-order valence-corrected chi connectivity index (χ3v) is 23.0. The summed E-state index contributed by atoms with van der Waals surface area (Å²) in [7, 11) is -5.74. The molecule has 0 aromatic carbocycles. The Balaban J connectivity index is 3.34. The molecule has 0 bridgehead atoms. The number of rotatable bonds is 10. The molecule has 35 heavy (non-hydrogen) atoms. The first kappa shape index (κ1) is 33.3. The summed E-state index contributed by atoms with van der Waals surface area (Å²) in [5.74, 6) is 0.568. The lowest BCUT2D eigenvalue weighted by Crippen LogP contribution is -2.53. The number of hydrogen-bond acceptors (Lipinski definition) is 3. The Morgan fingerprint density at radius 3 is 1.51 bits per heavy atom. The van der Waals surface area contributed by atoms with Crippen molar-refractivity contribution in [2.24, 2.45) is 5.92 Å². The van der Waals surface area contributed by atoms with Gasteiger partial charge in [-0.3, -0.25) is 0 Å². The van der Waals surface area contributed by atoms with Gasteiger partial charge in [-0.1, -0.05) is 93.7 Å². The summed E-state index contributed by atoms with van der Waals surface area (Å²) in [6, 6.07) is 0. The molecule has 3 nitrogen and oxygen atoms in total. The molecule has 0 radical (unpaired) electrons. The van der Waals surface area contributed by atoms with Crippen LogP contribution < -0.4 is 0 Å². The fraction of sp³-hybridized carbons (Fsp3) is 0.931. The molecule has 0 aromatic rings. The molecule has 1 aliphatic rings. The molecule has 6 heteroatoms. The van der Waals surface area contributed by atoms with Crippen molar-refractivity contribution in [2.45, 2.75) is 161 Å². The van der Waals surface area contributed by atoms with Gasteiger partial charge in [0.1, 0.15) is 0 Å². The van der Waals surface area contributed by atoms with Crippen molar-refractivity contribution in [1.29, 1.82) is 0 Å². The summed E-state index contributed by atoms with van der Waals surface area (Å²) in [4.78, 5) is 0. The van der Waals surface area contributed by atoms with E-state index < -0.39 is 25.0 Å². The van der Waals surface area contributed by atoms with Crippen LogP contribution in [0.2, 0.25) is 54.4 Å². The van der Waals surface area contributed by atoms with Gasteiger partial charge in [0.15, 0.2) is 25.0 Å². The molecule has 1 fully saturated rings. The van der Waals surface area contributed by atoms with Crippen molar-refractivity contribution in [1.82, 2.24) is 0 Å². The molecule has 0 heterocycles. The Hall–Kier alpha value is 0.271. The zero-order valence-corrected chi connectivity index (χ0v) is 29.4. The first-order chi connectivity index (χ1) is 15.5. The maximum absolute atomic E-state index is 7.27. The molecule has 0 aromatic heterocycles. The zero-order valence-electron chi connectivity index (χ0n) is 26.4. The Labute approximate surface area is 223 Å². The molecule has 0 N–H and O–H groups in total. The minimum atomic E-state index is -1.99. The van der Waals surface area contributed by atoms with Crippen LogP contribution in [-0.4, -0.2) is 43.8 Å². The fourth-order valence-electron chi connectivity index (χ4n) is 3.81. The van der Waals surface area contributed by atoms with E-state index in [1.54, 1.807) is 0 Å². The molecule has 0 amide bonds. The Bertz CT molecular complexity index is 673.